The Balaban J connectivity index is 1.92. The zero-order chi connectivity index (χ0) is 13.8. The monoisotopic (exact) mass is 268 g/mol. The van der Waals surface area contributed by atoms with Crippen molar-refractivity contribution in [1.82, 2.24) is 9.80 Å². The van der Waals surface area contributed by atoms with Crippen LogP contribution in [0.5, 0.6) is 0 Å². The van der Waals surface area contributed by atoms with Crippen molar-refractivity contribution in [2.45, 2.75) is 70.6 Å². The van der Waals surface area contributed by atoms with Crippen molar-refractivity contribution < 1.29 is 9.90 Å². The molecule has 2 heterocycles. The minimum Gasteiger partial charge on any atom is -0.392 e. The van der Waals surface area contributed by atoms with E-state index in [-0.39, 0.29) is 18.1 Å². The molecule has 2 rings (SSSR count). The molecule has 2 aliphatic heterocycles. The maximum Gasteiger partial charge on any atom is 0.236 e. The lowest BCUT2D eigenvalue weighted by molar-refractivity contribution is -0.137. The number of carbonyl (C=O) groups excluding carboxylic acids is 1. The van der Waals surface area contributed by atoms with Gasteiger partial charge in [0, 0.05) is 18.6 Å². The van der Waals surface area contributed by atoms with Crippen LogP contribution in [0.2, 0.25) is 0 Å². The van der Waals surface area contributed by atoms with Crippen molar-refractivity contribution in [3.05, 3.63) is 0 Å². The number of hydrogen-bond acceptors (Lipinski definition) is 3. The first-order valence-electron chi connectivity index (χ1n) is 7.81. The van der Waals surface area contributed by atoms with Crippen LogP contribution in [0, 0.1) is 0 Å². The van der Waals surface area contributed by atoms with Crippen LogP contribution in [0.1, 0.15) is 52.4 Å². The van der Waals surface area contributed by atoms with Crippen LogP contribution in [0.4, 0.5) is 0 Å². The molecule has 0 unspecified atom stereocenters. The molecule has 3 atom stereocenters. The number of rotatable bonds is 3. The second kappa shape index (κ2) is 6.71. The molecule has 110 valence electrons. The molecule has 0 aromatic heterocycles. The summed E-state index contributed by atoms with van der Waals surface area (Å²) in [6.45, 7) is 6.34. The number of aliphatic hydroxyl groups excluding tert-OH is 1. The van der Waals surface area contributed by atoms with E-state index in [2.05, 4.69) is 11.8 Å². The molecule has 2 aliphatic rings. The van der Waals surface area contributed by atoms with Gasteiger partial charge in [-0.1, -0.05) is 6.42 Å². The predicted octanol–water partition coefficient (Wildman–Crippen LogP) is 1.62. The SMILES string of the molecule is C[C@H](O)[C@H]1CCCCN1CC(=O)N1CCCC[C@@H]1C. The number of piperidine rings is 2. The first-order chi connectivity index (χ1) is 9.09. The number of likely N-dealkylation sites (tertiary alicyclic amines) is 2. The molecule has 1 amide bonds. The average Bonchev–Trinajstić information content (AvgIpc) is 2.39. The van der Waals surface area contributed by atoms with Gasteiger partial charge in [-0.25, -0.2) is 0 Å². The summed E-state index contributed by atoms with van der Waals surface area (Å²) in [5.41, 5.74) is 0. The topological polar surface area (TPSA) is 43.8 Å². The highest BCUT2D eigenvalue weighted by atomic mass is 16.3. The molecule has 2 saturated heterocycles. The van der Waals surface area contributed by atoms with Gasteiger partial charge < -0.3 is 10.0 Å². The molecule has 0 radical (unpaired) electrons. The molecule has 1 N–H and O–H groups in total. The van der Waals surface area contributed by atoms with Crippen LogP contribution in [-0.2, 0) is 4.79 Å². The Labute approximate surface area is 116 Å². The van der Waals surface area contributed by atoms with Gasteiger partial charge in [-0.15, -0.1) is 0 Å². The minimum absolute atomic E-state index is 0.165. The van der Waals surface area contributed by atoms with Crippen LogP contribution in [0.15, 0.2) is 0 Å². The molecule has 4 heteroatoms. The first-order valence-corrected chi connectivity index (χ1v) is 7.81. The van der Waals surface area contributed by atoms with Gasteiger partial charge >= 0.3 is 0 Å². The fourth-order valence-electron chi connectivity index (χ4n) is 3.49. The smallest absolute Gasteiger partial charge is 0.236 e. The number of nitrogens with zero attached hydrogens (tertiary/aromatic N) is 2. The van der Waals surface area contributed by atoms with Gasteiger partial charge in [0.05, 0.1) is 12.6 Å². The molecular weight excluding hydrogens is 240 g/mol. The van der Waals surface area contributed by atoms with Crippen molar-refractivity contribution in [2.24, 2.45) is 0 Å². The molecule has 0 saturated carbocycles. The largest absolute Gasteiger partial charge is 0.392 e. The molecule has 0 spiro atoms. The zero-order valence-electron chi connectivity index (χ0n) is 12.3. The third-order valence-corrected chi connectivity index (χ3v) is 4.68. The van der Waals surface area contributed by atoms with E-state index in [1.54, 1.807) is 0 Å². The van der Waals surface area contributed by atoms with Crippen LogP contribution in [0.25, 0.3) is 0 Å². The fraction of sp³-hybridized carbons (Fsp3) is 0.933. The number of aliphatic hydroxyl groups is 1. The van der Waals surface area contributed by atoms with E-state index in [4.69, 9.17) is 0 Å². The summed E-state index contributed by atoms with van der Waals surface area (Å²) in [6, 6.07) is 0.550. The maximum atomic E-state index is 12.4. The van der Waals surface area contributed by atoms with Crippen molar-refractivity contribution in [3.8, 4) is 0 Å². The second-order valence-corrected chi connectivity index (χ2v) is 6.21. The van der Waals surface area contributed by atoms with Crippen LogP contribution in [-0.4, -0.2) is 58.6 Å². The highest BCUT2D eigenvalue weighted by Gasteiger charge is 2.30. The summed E-state index contributed by atoms with van der Waals surface area (Å²) in [7, 11) is 0. The Kier molecular flexibility index (Phi) is 5.22. The molecular formula is C15H28N2O2. The first kappa shape index (κ1) is 14.8. The third kappa shape index (κ3) is 3.69. The van der Waals surface area contributed by atoms with Crippen molar-refractivity contribution in [2.75, 3.05) is 19.6 Å². The predicted molar refractivity (Wildman–Crippen MR) is 75.9 cm³/mol. The third-order valence-electron chi connectivity index (χ3n) is 4.68. The van der Waals surface area contributed by atoms with Gasteiger partial charge in [0.2, 0.25) is 5.91 Å². The molecule has 0 bridgehead atoms. The van der Waals surface area contributed by atoms with Crippen LogP contribution < -0.4 is 0 Å². The van der Waals surface area contributed by atoms with Crippen molar-refractivity contribution >= 4 is 5.91 Å². The summed E-state index contributed by atoms with van der Waals surface area (Å²) in [5, 5.41) is 9.86. The lowest BCUT2D eigenvalue weighted by atomic mass is 9.98. The lowest BCUT2D eigenvalue weighted by Gasteiger charge is -2.40. The van der Waals surface area contributed by atoms with Crippen molar-refractivity contribution in [1.29, 1.82) is 0 Å². The fourth-order valence-corrected chi connectivity index (χ4v) is 3.49. The molecule has 0 aromatic carbocycles. The van der Waals surface area contributed by atoms with E-state index in [0.29, 0.717) is 12.6 Å². The molecule has 0 aliphatic carbocycles. The maximum absolute atomic E-state index is 12.4. The van der Waals surface area contributed by atoms with Crippen LogP contribution in [0.3, 0.4) is 0 Å². The van der Waals surface area contributed by atoms with Gasteiger partial charge in [0.1, 0.15) is 0 Å². The zero-order valence-corrected chi connectivity index (χ0v) is 12.3. The summed E-state index contributed by atoms with van der Waals surface area (Å²) >= 11 is 0. The van der Waals surface area contributed by atoms with Crippen molar-refractivity contribution in [3.63, 3.8) is 0 Å². The van der Waals surface area contributed by atoms with Gasteiger partial charge in [-0.3, -0.25) is 9.69 Å². The quantitative estimate of drug-likeness (QED) is 0.846. The summed E-state index contributed by atoms with van der Waals surface area (Å²) in [4.78, 5) is 16.7. The Morgan fingerprint density at radius 2 is 1.89 bits per heavy atom. The number of hydrogen-bond donors (Lipinski definition) is 1. The van der Waals surface area contributed by atoms with E-state index in [9.17, 15) is 9.90 Å². The Morgan fingerprint density at radius 1 is 1.21 bits per heavy atom. The summed E-state index contributed by atoms with van der Waals surface area (Å²) < 4.78 is 0. The Morgan fingerprint density at radius 3 is 2.58 bits per heavy atom. The van der Waals surface area contributed by atoms with Gasteiger partial charge in [0.25, 0.3) is 0 Å². The highest BCUT2D eigenvalue weighted by Crippen LogP contribution is 2.21. The van der Waals surface area contributed by atoms with E-state index in [1.807, 2.05) is 11.8 Å². The Bertz CT molecular complexity index is 307. The standard InChI is InChI=1S/C15H28N2O2/c1-12-7-3-6-10-17(12)15(19)11-16-9-5-4-8-14(16)13(2)18/h12-14,18H,3-11H2,1-2H3/t12-,13-,14+/m0/s1. The molecule has 19 heavy (non-hydrogen) atoms. The van der Waals surface area contributed by atoms with E-state index in [0.717, 1.165) is 38.8 Å². The summed E-state index contributed by atoms with van der Waals surface area (Å²) in [6.07, 6.45) is 6.49. The summed E-state index contributed by atoms with van der Waals surface area (Å²) in [5.74, 6) is 0.250. The van der Waals surface area contributed by atoms with Gasteiger partial charge in [0.15, 0.2) is 0 Å². The molecule has 2 fully saturated rings. The van der Waals surface area contributed by atoms with E-state index < -0.39 is 0 Å². The van der Waals surface area contributed by atoms with Crippen LogP contribution >= 0.6 is 0 Å². The van der Waals surface area contributed by atoms with E-state index in [1.165, 1.54) is 12.8 Å². The second-order valence-electron chi connectivity index (χ2n) is 6.21. The highest BCUT2D eigenvalue weighted by molar-refractivity contribution is 5.78. The Hall–Kier alpha value is -0.610. The lowest BCUT2D eigenvalue weighted by Crippen LogP contribution is -2.52. The molecule has 4 nitrogen and oxygen atoms in total. The van der Waals surface area contributed by atoms with Gasteiger partial charge in [-0.05, 0) is 52.5 Å². The molecule has 0 aromatic rings. The normalized spacial score (nSPS) is 31.2. The number of amides is 1. The number of carbonyl (C=O) groups is 1. The average molecular weight is 268 g/mol. The van der Waals surface area contributed by atoms with E-state index >= 15 is 0 Å². The minimum atomic E-state index is -0.341. The van der Waals surface area contributed by atoms with Gasteiger partial charge in [-0.2, -0.15) is 0 Å².